The maximum atomic E-state index is 12.7. The number of pyridine rings is 2. The zero-order valence-corrected chi connectivity index (χ0v) is 14.0. The van der Waals surface area contributed by atoms with Crippen LogP contribution in [0, 0.1) is 0 Å². The topological polar surface area (TPSA) is 63.9 Å². The monoisotopic (exact) mass is 373 g/mol. The van der Waals surface area contributed by atoms with Crippen LogP contribution in [-0.2, 0) is 11.0 Å². The van der Waals surface area contributed by atoms with Crippen molar-refractivity contribution in [2.75, 3.05) is 13.1 Å². The van der Waals surface area contributed by atoms with Crippen molar-refractivity contribution in [2.24, 2.45) is 0 Å². The molecule has 27 heavy (non-hydrogen) atoms. The van der Waals surface area contributed by atoms with Crippen molar-refractivity contribution >= 4 is 16.9 Å². The molecule has 0 aromatic carbocycles. The Balaban J connectivity index is 1.71. The van der Waals surface area contributed by atoms with Gasteiger partial charge in [0.2, 0.25) is 5.91 Å². The summed E-state index contributed by atoms with van der Waals surface area (Å²) in [7, 11) is 0. The first kappa shape index (κ1) is 17.2. The summed E-state index contributed by atoms with van der Waals surface area (Å²) in [6.07, 6.45) is -0.444. The van der Waals surface area contributed by atoms with Crippen LogP contribution in [0.25, 0.3) is 22.3 Å². The van der Waals surface area contributed by atoms with Gasteiger partial charge in [-0.15, -0.1) is 0 Å². The number of carbonyl (C=O) groups excluding carboxylic acids is 1. The number of rotatable bonds is 3. The van der Waals surface area contributed by atoms with E-state index in [0.29, 0.717) is 35.4 Å². The lowest BCUT2D eigenvalue weighted by Gasteiger charge is -2.38. The van der Waals surface area contributed by atoms with Gasteiger partial charge in [0.25, 0.3) is 0 Å². The molecule has 4 rings (SSSR count). The van der Waals surface area contributed by atoms with Crippen molar-refractivity contribution < 1.29 is 18.0 Å². The molecule has 0 spiro atoms. The van der Waals surface area contributed by atoms with Crippen LogP contribution in [0.4, 0.5) is 13.2 Å². The van der Waals surface area contributed by atoms with Crippen LogP contribution in [0.2, 0.25) is 0 Å². The molecule has 0 bridgehead atoms. The lowest BCUT2D eigenvalue weighted by Crippen LogP contribution is -2.50. The molecule has 0 N–H and O–H groups in total. The van der Waals surface area contributed by atoms with Crippen molar-refractivity contribution in [3.05, 3.63) is 55.0 Å². The molecule has 3 aromatic heterocycles. The quantitative estimate of drug-likeness (QED) is 0.662. The predicted molar refractivity (Wildman–Crippen MR) is 91.6 cm³/mol. The molecule has 0 atom stereocenters. The lowest BCUT2D eigenvalue weighted by molar-refractivity contribution is -0.141. The number of likely N-dealkylation sites (tertiary alicyclic amines) is 1. The number of nitrogens with zero attached hydrogens (tertiary/aromatic N) is 5. The fraction of sp³-hybridized carbons (Fsp3) is 0.222. The molecule has 3 aromatic rings. The van der Waals surface area contributed by atoms with Gasteiger partial charge in [-0.1, -0.05) is 6.58 Å². The summed E-state index contributed by atoms with van der Waals surface area (Å²) in [6, 6.07) is 5.78. The van der Waals surface area contributed by atoms with Crippen LogP contribution in [0.15, 0.2) is 49.3 Å². The van der Waals surface area contributed by atoms with E-state index >= 15 is 0 Å². The summed E-state index contributed by atoms with van der Waals surface area (Å²) in [6.45, 7) is 4.42. The van der Waals surface area contributed by atoms with Gasteiger partial charge >= 0.3 is 6.18 Å². The Hall–Kier alpha value is -3.23. The van der Waals surface area contributed by atoms with Crippen LogP contribution in [-0.4, -0.2) is 43.6 Å². The summed E-state index contributed by atoms with van der Waals surface area (Å²) < 4.78 is 39.9. The van der Waals surface area contributed by atoms with E-state index in [1.165, 1.54) is 12.1 Å². The van der Waals surface area contributed by atoms with Crippen molar-refractivity contribution in [1.29, 1.82) is 0 Å². The zero-order valence-electron chi connectivity index (χ0n) is 14.0. The number of aromatic nitrogens is 4. The van der Waals surface area contributed by atoms with E-state index in [4.69, 9.17) is 0 Å². The maximum Gasteiger partial charge on any atom is 0.433 e. The molecule has 138 valence electrons. The molecule has 1 fully saturated rings. The fourth-order valence-corrected chi connectivity index (χ4v) is 3.06. The van der Waals surface area contributed by atoms with Gasteiger partial charge in [-0.25, -0.2) is 9.67 Å². The van der Waals surface area contributed by atoms with E-state index in [0.717, 1.165) is 12.3 Å². The molecule has 0 radical (unpaired) electrons. The Kier molecular flexibility index (Phi) is 3.94. The summed E-state index contributed by atoms with van der Waals surface area (Å²) in [4.78, 5) is 21.1. The van der Waals surface area contributed by atoms with Crippen molar-refractivity contribution in [3.8, 4) is 11.3 Å². The molecule has 1 amide bonds. The fourth-order valence-electron chi connectivity index (χ4n) is 3.06. The van der Waals surface area contributed by atoms with Crippen LogP contribution < -0.4 is 0 Å². The highest BCUT2D eigenvalue weighted by atomic mass is 19.4. The second-order valence-electron chi connectivity index (χ2n) is 6.20. The molecule has 9 heteroatoms. The Morgan fingerprint density at radius 1 is 1.22 bits per heavy atom. The van der Waals surface area contributed by atoms with Gasteiger partial charge in [0.15, 0.2) is 5.65 Å². The molecule has 4 heterocycles. The van der Waals surface area contributed by atoms with Gasteiger partial charge in [0.1, 0.15) is 11.4 Å². The Bertz CT molecular complexity index is 1020. The van der Waals surface area contributed by atoms with Crippen molar-refractivity contribution in [1.82, 2.24) is 24.6 Å². The summed E-state index contributed by atoms with van der Waals surface area (Å²) in [5, 5.41) is 5.28. The van der Waals surface area contributed by atoms with E-state index in [1.54, 1.807) is 21.8 Å². The summed E-state index contributed by atoms with van der Waals surface area (Å²) in [5.41, 5.74) is 0.639. The van der Waals surface area contributed by atoms with Gasteiger partial charge in [0, 0.05) is 36.4 Å². The van der Waals surface area contributed by atoms with Crippen LogP contribution in [0.3, 0.4) is 0 Å². The van der Waals surface area contributed by atoms with E-state index in [1.807, 2.05) is 6.07 Å². The number of alkyl halides is 3. The Morgan fingerprint density at radius 3 is 2.63 bits per heavy atom. The SMILES string of the molecule is C=CC(=O)N1CC(n2nc(-c3ccc(C(F)(F)F)nc3)c3cccnc32)C1. The van der Waals surface area contributed by atoms with Crippen LogP contribution >= 0.6 is 0 Å². The highest BCUT2D eigenvalue weighted by Crippen LogP contribution is 2.33. The molecule has 6 nitrogen and oxygen atoms in total. The first-order valence-electron chi connectivity index (χ1n) is 8.16. The number of amides is 1. The molecular weight excluding hydrogens is 359 g/mol. The third-order valence-corrected chi connectivity index (χ3v) is 4.49. The predicted octanol–water partition coefficient (Wildman–Crippen LogP) is 3.08. The van der Waals surface area contributed by atoms with E-state index in [9.17, 15) is 18.0 Å². The van der Waals surface area contributed by atoms with Gasteiger partial charge in [-0.05, 0) is 30.3 Å². The van der Waals surface area contributed by atoms with E-state index < -0.39 is 11.9 Å². The molecular formula is C18H14F3N5O. The summed E-state index contributed by atoms with van der Waals surface area (Å²) in [5.74, 6) is -0.150. The second kappa shape index (κ2) is 6.19. The lowest BCUT2D eigenvalue weighted by atomic mass is 10.1. The van der Waals surface area contributed by atoms with Gasteiger partial charge < -0.3 is 4.90 Å². The second-order valence-corrected chi connectivity index (χ2v) is 6.20. The smallest absolute Gasteiger partial charge is 0.335 e. The molecule has 1 saturated heterocycles. The van der Waals surface area contributed by atoms with Gasteiger partial charge in [0.05, 0.1) is 6.04 Å². The average Bonchev–Trinajstić information content (AvgIpc) is 2.99. The van der Waals surface area contributed by atoms with Crippen molar-refractivity contribution in [3.63, 3.8) is 0 Å². The number of halogens is 3. The Labute approximate surface area is 151 Å². The molecule has 0 saturated carbocycles. The number of carbonyl (C=O) groups is 1. The average molecular weight is 373 g/mol. The van der Waals surface area contributed by atoms with Gasteiger partial charge in [-0.3, -0.25) is 9.78 Å². The first-order chi connectivity index (χ1) is 12.9. The minimum Gasteiger partial charge on any atom is -0.335 e. The minimum absolute atomic E-state index is 0.0533. The van der Waals surface area contributed by atoms with E-state index in [2.05, 4.69) is 21.6 Å². The zero-order chi connectivity index (χ0) is 19.2. The highest BCUT2D eigenvalue weighted by molar-refractivity contribution is 5.91. The van der Waals surface area contributed by atoms with Crippen LogP contribution in [0.1, 0.15) is 11.7 Å². The number of fused-ring (bicyclic) bond motifs is 1. The molecule has 1 aliphatic rings. The number of hydrogen-bond donors (Lipinski definition) is 0. The van der Waals surface area contributed by atoms with Crippen molar-refractivity contribution in [2.45, 2.75) is 12.2 Å². The minimum atomic E-state index is -4.49. The van der Waals surface area contributed by atoms with Gasteiger partial charge in [-0.2, -0.15) is 18.3 Å². The maximum absolute atomic E-state index is 12.7. The molecule has 0 aliphatic carbocycles. The van der Waals surface area contributed by atoms with Crippen LogP contribution in [0.5, 0.6) is 0 Å². The normalized spacial score (nSPS) is 15.0. The number of hydrogen-bond acceptors (Lipinski definition) is 4. The van der Waals surface area contributed by atoms with E-state index in [-0.39, 0.29) is 11.9 Å². The standard InChI is InChI=1S/C18H14F3N5O/c1-2-15(27)25-9-12(10-25)26-17-13(4-3-7-22-17)16(24-26)11-5-6-14(23-8-11)18(19,20)21/h2-8,12H,1,9-10H2. The third-order valence-electron chi connectivity index (χ3n) is 4.49. The molecule has 0 unspecified atom stereocenters. The highest BCUT2D eigenvalue weighted by Gasteiger charge is 2.34. The molecule has 1 aliphatic heterocycles. The first-order valence-corrected chi connectivity index (χ1v) is 8.16. The largest absolute Gasteiger partial charge is 0.433 e. The third kappa shape index (κ3) is 2.94. The Morgan fingerprint density at radius 2 is 2.00 bits per heavy atom. The summed E-state index contributed by atoms with van der Waals surface area (Å²) >= 11 is 0.